The van der Waals surface area contributed by atoms with E-state index in [2.05, 4.69) is 22.0 Å². The van der Waals surface area contributed by atoms with Gasteiger partial charge in [-0.2, -0.15) is 5.10 Å². The molecule has 1 aliphatic heterocycles. The highest BCUT2D eigenvalue weighted by Crippen LogP contribution is 2.10. The first-order valence-corrected chi connectivity index (χ1v) is 6.49. The van der Waals surface area contributed by atoms with Crippen LogP contribution in [0.15, 0.2) is 12.3 Å². The van der Waals surface area contributed by atoms with E-state index in [4.69, 9.17) is 5.73 Å². The lowest BCUT2D eigenvalue weighted by Crippen LogP contribution is -2.53. The first-order chi connectivity index (χ1) is 8.76. The van der Waals surface area contributed by atoms with Crippen molar-refractivity contribution in [3.8, 4) is 0 Å². The monoisotopic (exact) mass is 251 g/mol. The molecule has 1 aromatic heterocycles. The van der Waals surface area contributed by atoms with Crippen LogP contribution in [0.5, 0.6) is 0 Å². The van der Waals surface area contributed by atoms with Gasteiger partial charge in [-0.15, -0.1) is 0 Å². The number of piperazine rings is 1. The minimum atomic E-state index is 0.0351. The number of carbonyl (C=O) groups excluding carboxylic acids is 1. The standard InChI is InChI=1S/C12H21N5O/c1-2-10(9-13)16-5-7-17(8-6-16)12(18)11-3-4-14-15-11/h3-4,10H,2,5-9,13H2,1H3,(H,14,15). The smallest absolute Gasteiger partial charge is 0.271 e. The van der Waals surface area contributed by atoms with Gasteiger partial charge in [0.25, 0.3) is 5.91 Å². The zero-order valence-corrected chi connectivity index (χ0v) is 10.8. The topological polar surface area (TPSA) is 78.2 Å². The van der Waals surface area contributed by atoms with Crippen molar-refractivity contribution in [1.82, 2.24) is 20.0 Å². The Morgan fingerprint density at radius 3 is 2.72 bits per heavy atom. The second-order valence-electron chi connectivity index (χ2n) is 4.60. The molecule has 0 aromatic carbocycles. The van der Waals surface area contributed by atoms with Gasteiger partial charge in [0.1, 0.15) is 5.69 Å². The summed E-state index contributed by atoms with van der Waals surface area (Å²) >= 11 is 0. The highest BCUT2D eigenvalue weighted by Gasteiger charge is 2.25. The van der Waals surface area contributed by atoms with Gasteiger partial charge in [0.2, 0.25) is 0 Å². The number of aromatic nitrogens is 2. The zero-order chi connectivity index (χ0) is 13.0. The molecular weight excluding hydrogens is 230 g/mol. The molecule has 6 nitrogen and oxygen atoms in total. The van der Waals surface area contributed by atoms with Gasteiger partial charge in [-0.3, -0.25) is 14.8 Å². The average molecular weight is 251 g/mol. The van der Waals surface area contributed by atoms with Gasteiger partial charge >= 0.3 is 0 Å². The predicted octanol–water partition coefficient (Wildman–Crippen LogP) is -0.0952. The number of aromatic amines is 1. The van der Waals surface area contributed by atoms with E-state index in [0.717, 1.165) is 32.6 Å². The third kappa shape index (κ3) is 2.70. The number of amides is 1. The maximum atomic E-state index is 12.1. The van der Waals surface area contributed by atoms with Crippen LogP contribution in [0.4, 0.5) is 0 Å². The van der Waals surface area contributed by atoms with Gasteiger partial charge in [0.15, 0.2) is 0 Å². The third-order valence-electron chi connectivity index (χ3n) is 3.59. The quantitative estimate of drug-likeness (QED) is 0.783. The molecule has 0 saturated carbocycles. The molecule has 18 heavy (non-hydrogen) atoms. The van der Waals surface area contributed by atoms with Crippen LogP contribution < -0.4 is 5.73 Å². The van der Waals surface area contributed by atoms with Crippen molar-refractivity contribution in [3.05, 3.63) is 18.0 Å². The molecule has 2 heterocycles. The van der Waals surface area contributed by atoms with Crippen molar-refractivity contribution in [3.63, 3.8) is 0 Å². The van der Waals surface area contributed by atoms with Crippen molar-refractivity contribution in [2.45, 2.75) is 19.4 Å². The molecule has 1 aliphatic rings. The maximum Gasteiger partial charge on any atom is 0.271 e. The number of nitrogens with one attached hydrogen (secondary N) is 1. The molecule has 6 heteroatoms. The van der Waals surface area contributed by atoms with E-state index in [1.54, 1.807) is 12.3 Å². The van der Waals surface area contributed by atoms with E-state index >= 15 is 0 Å². The van der Waals surface area contributed by atoms with E-state index in [0.29, 0.717) is 18.3 Å². The maximum absolute atomic E-state index is 12.1. The normalized spacial score (nSPS) is 18.9. The molecule has 0 spiro atoms. The van der Waals surface area contributed by atoms with E-state index in [1.165, 1.54) is 0 Å². The minimum absolute atomic E-state index is 0.0351. The Kier molecular flexibility index (Phi) is 4.33. The van der Waals surface area contributed by atoms with Crippen LogP contribution in [0, 0.1) is 0 Å². The number of carbonyl (C=O) groups is 1. The van der Waals surface area contributed by atoms with Crippen molar-refractivity contribution in [2.75, 3.05) is 32.7 Å². The summed E-state index contributed by atoms with van der Waals surface area (Å²) in [5.74, 6) is 0.0351. The summed E-state index contributed by atoms with van der Waals surface area (Å²) in [5.41, 5.74) is 6.31. The molecular formula is C12H21N5O. The highest BCUT2D eigenvalue weighted by atomic mass is 16.2. The first kappa shape index (κ1) is 13.0. The fraction of sp³-hybridized carbons (Fsp3) is 0.667. The Bertz CT molecular complexity index is 366. The zero-order valence-electron chi connectivity index (χ0n) is 10.8. The van der Waals surface area contributed by atoms with E-state index in [-0.39, 0.29) is 5.91 Å². The van der Waals surface area contributed by atoms with Crippen LogP contribution in [0.25, 0.3) is 0 Å². The molecule has 1 unspecified atom stereocenters. The second-order valence-corrected chi connectivity index (χ2v) is 4.60. The lowest BCUT2D eigenvalue weighted by atomic mass is 10.1. The summed E-state index contributed by atoms with van der Waals surface area (Å²) in [6.07, 6.45) is 2.66. The summed E-state index contributed by atoms with van der Waals surface area (Å²) in [5, 5.41) is 6.52. The lowest BCUT2D eigenvalue weighted by Gasteiger charge is -2.38. The summed E-state index contributed by atoms with van der Waals surface area (Å²) in [4.78, 5) is 16.3. The van der Waals surface area contributed by atoms with Crippen LogP contribution in [0.1, 0.15) is 23.8 Å². The largest absolute Gasteiger partial charge is 0.335 e. The summed E-state index contributed by atoms with van der Waals surface area (Å²) in [6.45, 7) is 6.15. The Morgan fingerprint density at radius 1 is 1.50 bits per heavy atom. The molecule has 1 aromatic rings. The molecule has 100 valence electrons. The number of H-pyrrole nitrogens is 1. The third-order valence-corrected chi connectivity index (χ3v) is 3.59. The SMILES string of the molecule is CCC(CN)N1CCN(C(=O)c2ccn[nH]2)CC1. The Labute approximate surface area is 107 Å². The average Bonchev–Trinajstić information content (AvgIpc) is 2.94. The molecule has 1 saturated heterocycles. The predicted molar refractivity (Wildman–Crippen MR) is 69.2 cm³/mol. The molecule has 3 N–H and O–H groups in total. The fourth-order valence-corrected chi connectivity index (χ4v) is 2.41. The van der Waals surface area contributed by atoms with Crippen LogP contribution >= 0.6 is 0 Å². The highest BCUT2D eigenvalue weighted by molar-refractivity contribution is 5.92. The molecule has 0 bridgehead atoms. The van der Waals surface area contributed by atoms with Crippen molar-refractivity contribution < 1.29 is 4.79 Å². The van der Waals surface area contributed by atoms with Gasteiger partial charge in [0, 0.05) is 45.0 Å². The Hall–Kier alpha value is -1.40. The number of nitrogens with zero attached hydrogens (tertiary/aromatic N) is 3. The Balaban J connectivity index is 1.89. The molecule has 1 atom stereocenters. The van der Waals surface area contributed by atoms with E-state index in [9.17, 15) is 4.79 Å². The number of hydrogen-bond acceptors (Lipinski definition) is 4. The molecule has 1 amide bonds. The first-order valence-electron chi connectivity index (χ1n) is 6.49. The molecule has 0 radical (unpaired) electrons. The minimum Gasteiger partial charge on any atom is -0.335 e. The van der Waals surface area contributed by atoms with Gasteiger partial charge in [-0.05, 0) is 12.5 Å². The number of hydrogen-bond donors (Lipinski definition) is 2. The van der Waals surface area contributed by atoms with Crippen molar-refractivity contribution in [1.29, 1.82) is 0 Å². The van der Waals surface area contributed by atoms with E-state index in [1.807, 2.05) is 4.90 Å². The molecule has 1 fully saturated rings. The summed E-state index contributed by atoms with van der Waals surface area (Å²) < 4.78 is 0. The number of rotatable bonds is 4. The Morgan fingerprint density at radius 2 is 2.22 bits per heavy atom. The fourth-order valence-electron chi connectivity index (χ4n) is 2.41. The summed E-state index contributed by atoms with van der Waals surface area (Å²) in [6, 6.07) is 2.15. The molecule has 0 aliphatic carbocycles. The van der Waals surface area contributed by atoms with Crippen molar-refractivity contribution in [2.24, 2.45) is 5.73 Å². The van der Waals surface area contributed by atoms with Crippen molar-refractivity contribution >= 4 is 5.91 Å². The van der Waals surface area contributed by atoms with Crippen LogP contribution in [-0.4, -0.2) is 64.7 Å². The van der Waals surface area contributed by atoms with E-state index < -0.39 is 0 Å². The van der Waals surface area contributed by atoms with Gasteiger partial charge in [-0.25, -0.2) is 0 Å². The lowest BCUT2D eigenvalue weighted by molar-refractivity contribution is 0.0566. The van der Waals surface area contributed by atoms with Crippen LogP contribution in [0.3, 0.4) is 0 Å². The number of nitrogens with two attached hydrogens (primary N) is 1. The molecule has 2 rings (SSSR count). The summed E-state index contributed by atoms with van der Waals surface area (Å²) in [7, 11) is 0. The van der Waals surface area contributed by atoms with Crippen LogP contribution in [0.2, 0.25) is 0 Å². The van der Waals surface area contributed by atoms with Gasteiger partial charge < -0.3 is 10.6 Å². The van der Waals surface area contributed by atoms with Crippen LogP contribution in [-0.2, 0) is 0 Å². The van der Waals surface area contributed by atoms with Gasteiger partial charge in [-0.1, -0.05) is 6.92 Å². The second kappa shape index (κ2) is 5.97. The van der Waals surface area contributed by atoms with Gasteiger partial charge in [0.05, 0.1) is 0 Å².